The number of benzene rings is 1. The molecule has 0 aliphatic carbocycles. The molecule has 3 N–H and O–H groups in total. The molecular weight excluding hydrogens is 549 g/mol. The Hall–Kier alpha value is 0.640. The van der Waals surface area contributed by atoms with Crippen molar-refractivity contribution < 1.29 is 9.53 Å². The summed E-state index contributed by atoms with van der Waals surface area (Å²) in [4.78, 5) is 11.2. The van der Waals surface area contributed by atoms with Crippen molar-refractivity contribution in [2.45, 2.75) is 13.0 Å². The Morgan fingerprint density at radius 1 is 1.38 bits per heavy atom. The van der Waals surface area contributed by atoms with E-state index in [2.05, 4.69) is 73.2 Å². The molecule has 1 aromatic carbocycles. The number of amides is 1. The van der Waals surface area contributed by atoms with Crippen molar-refractivity contribution >= 4 is 73.7 Å². The number of nitrogens with one attached hydrogen (secondary N) is 1. The van der Waals surface area contributed by atoms with Gasteiger partial charge in [0.1, 0.15) is 5.75 Å². The molecule has 1 atom stereocenters. The molecule has 0 aliphatic rings. The molecule has 1 amide bonds. The maximum absolute atomic E-state index is 11.2. The van der Waals surface area contributed by atoms with E-state index in [9.17, 15) is 4.79 Å². The van der Waals surface area contributed by atoms with Gasteiger partial charge < -0.3 is 4.74 Å². The third-order valence-corrected chi connectivity index (χ3v) is 3.99. The molecule has 0 spiro atoms. The average molecular weight is 558 g/mol. The lowest BCUT2D eigenvalue weighted by atomic mass is 10.3. The third kappa shape index (κ3) is 3.84. The minimum absolute atomic E-state index is 0.342. The Balaban J connectivity index is 2.93. The first-order valence-electron chi connectivity index (χ1n) is 4.27. The Bertz CT molecular complexity index is 389. The third-order valence-electron chi connectivity index (χ3n) is 1.77. The van der Waals surface area contributed by atoms with Crippen LogP contribution in [0.15, 0.2) is 12.1 Å². The van der Waals surface area contributed by atoms with Crippen molar-refractivity contribution in [3.05, 3.63) is 22.8 Å². The zero-order valence-corrected chi connectivity index (χ0v) is 14.7. The second-order valence-corrected chi connectivity index (χ2v) is 6.54. The van der Waals surface area contributed by atoms with Gasteiger partial charge >= 0.3 is 0 Å². The van der Waals surface area contributed by atoms with Crippen LogP contribution in [0.2, 0.25) is 0 Å². The van der Waals surface area contributed by atoms with Gasteiger partial charge in [0.05, 0.1) is 7.14 Å². The second kappa shape index (κ2) is 6.54. The molecule has 16 heavy (non-hydrogen) atoms. The lowest BCUT2D eigenvalue weighted by Gasteiger charge is -2.15. The Labute approximate surface area is 134 Å². The van der Waals surface area contributed by atoms with E-state index in [-0.39, 0.29) is 5.91 Å². The van der Waals surface area contributed by atoms with Crippen LogP contribution >= 0.6 is 67.8 Å². The molecule has 1 aromatic rings. The highest BCUT2D eigenvalue weighted by Crippen LogP contribution is 2.30. The first-order chi connectivity index (χ1) is 7.45. The molecule has 88 valence electrons. The number of hydrogen-bond donors (Lipinski definition) is 2. The monoisotopic (exact) mass is 558 g/mol. The fourth-order valence-electron chi connectivity index (χ4n) is 0.989. The van der Waals surface area contributed by atoms with E-state index in [0.29, 0.717) is 0 Å². The summed E-state index contributed by atoms with van der Waals surface area (Å²) in [5.41, 5.74) is 2.06. The van der Waals surface area contributed by atoms with E-state index < -0.39 is 6.10 Å². The average Bonchev–Trinajstić information content (AvgIpc) is 2.21. The van der Waals surface area contributed by atoms with E-state index in [1.165, 1.54) is 0 Å². The molecule has 0 saturated carbocycles. The van der Waals surface area contributed by atoms with E-state index in [0.717, 1.165) is 16.5 Å². The number of rotatable bonds is 3. The number of carbonyl (C=O) groups is 1. The Morgan fingerprint density at radius 3 is 2.31 bits per heavy atom. The van der Waals surface area contributed by atoms with Gasteiger partial charge in [-0.1, -0.05) is 0 Å². The lowest BCUT2D eigenvalue weighted by molar-refractivity contribution is -0.127. The minimum Gasteiger partial charge on any atom is -0.479 e. The number of hydrazine groups is 1. The Morgan fingerprint density at radius 2 is 1.88 bits per heavy atom. The van der Waals surface area contributed by atoms with Gasteiger partial charge in [-0.3, -0.25) is 10.2 Å². The van der Waals surface area contributed by atoms with Crippen LogP contribution in [0.1, 0.15) is 6.92 Å². The molecule has 7 heteroatoms. The van der Waals surface area contributed by atoms with Crippen LogP contribution in [-0.4, -0.2) is 12.0 Å². The van der Waals surface area contributed by atoms with Crippen LogP contribution < -0.4 is 16.0 Å². The van der Waals surface area contributed by atoms with E-state index >= 15 is 0 Å². The molecule has 0 aliphatic heterocycles. The van der Waals surface area contributed by atoms with Gasteiger partial charge in [0, 0.05) is 3.57 Å². The van der Waals surface area contributed by atoms with Gasteiger partial charge in [0.2, 0.25) is 0 Å². The summed E-state index contributed by atoms with van der Waals surface area (Å²) in [6.07, 6.45) is -0.605. The van der Waals surface area contributed by atoms with Crippen LogP contribution in [0.3, 0.4) is 0 Å². The summed E-state index contributed by atoms with van der Waals surface area (Å²) in [7, 11) is 0. The first-order valence-corrected chi connectivity index (χ1v) is 7.51. The van der Waals surface area contributed by atoms with Crippen LogP contribution in [0, 0.1) is 10.7 Å². The summed E-state index contributed by atoms with van der Waals surface area (Å²) < 4.78 is 8.66. The molecule has 0 fully saturated rings. The topological polar surface area (TPSA) is 64.3 Å². The Kier molecular flexibility index (Phi) is 6.01. The smallest absolute Gasteiger partial charge is 0.274 e. The van der Waals surface area contributed by atoms with Crippen LogP contribution in [-0.2, 0) is 4.79 Å². The summed E-state index contributed by atoms with van der Waals surface area (Å²) in [5, 5.41) is 0. The number of carbonyl (C=O) groups excluding carboxylic acids is 1. The summed E-state index contributed by atoms with van der Waals surface area (Å²) in [5.74, 6) is 5.42. The van der Waals surface area contributed by atoms with Crippen LogP contribution in [0.4, 0.5) is 0 Å². The zero-order chi connectivity index (χ0) is 12.3. The summed E-state index contributed by atoms with van der Waals surface area (Å²) >= 11 is 6.60. The number of ether oxygens (including phenoxy) is 1. The summed E-state index contributed by atoms with van der Waals surface area (Å²) in [6.45, 7) is 1.66. The normalized spacial score (nSPS) is 12.1. The minimum atomic E-state index is -0.605. The predicted molar refractivity (Wildman–Crippen MR) is 87.0 cm³/mol. The molecule has 0 radical (unpaired) electrons. The fraction of sp³-hybridized carbons (Fsp3) is 0.222. The number of hydrogen-bond acceptors (Lipinski definition) is 3. The van der Waals surface area contributed by atoms with E-state index in [4.69, 9.17) is 10.6 Å². The highest BCUT2D eigenvalue weighted by molar-refractivity contribution is 14.1. The van der Waals surface area contributed by atoms with Gasteiger partial charge in [0.25, 0.3) is 5.91 Å². The van der Waals surface area contributed by atoms with E-state index in [1.54, 1.807) is 6.92 Å². The van der Waals surface area contributed by atoms with Crippen LogP contribution in [0.5, 0.6) is 5.75 Å². The second-order valence-electron chi connectivity index (χ2n) is 2.97. The van der Waals surface area contributed by atoms with Crippen molar-refractivity contribution in [3.8, 4) is 5.75 Å². The SMILES string of the molecule is CC(Oc1c(I)cc(I)cc1I)C(=O)NN. The standard InChI is InChI=1S/C9H9I3N2O2/c1-4(9(15)14-13)16-8-6(11)2-5(10)3-7(8)12/h2-4H,13H2,1H3,(H,14,15). The van der Waals surface area contributed by atoms with Crippen molar-refractivity contribution in [3.63, 3.8) is 0 Å². The summed E-state index contributed by atoms with van der Waals surface area (Å²) in [6, 6.07) is 3.98. The van der Waals surface area contributed by atoms with Crippen LogP contribution in [0.25, 0.3) is 0 Å². The van der Waals surface area contributed by atoms with Gasteiger partial charge in [-0.2, -0.15) is 0 Å². The molecule has 0 saturated heterocycles. The largest absolute Gasteiger partial charge is 0.479 e. The molecule has 1 unspecified atom stereocenters. The molecule has 0 aromatic heterocycles. The predicted octanol–water partition coefficient (Wildman–Crippen LogP) is 2.26. The zero-order valence-electron chi connectivity index (χ0n) is 8.26. The lowest BCUT2D eigenvalue weighted by Crippen LogP contribution is -2.40. The van der Waals surface area contributed by atoms with Crippen molar-refractivity contribution in [1.29, 1.82) is 0 Å². The van der Waals surface area contributed by atoms with E-state index in [1.807, 2.05) is 12.1 Å². The van der Waals surface area contributed by atoms with Crippen molar-refractivity contribution in [2.24, 2.45) is 5.84 Å². The quantitative estimate of drug-likeness (QED) is 0.259. The highest BCUT2D eigenvalue weighted by atomic mass is 127. The number of halogens is 3. The number of nitrogens with two attached hydrogens (primary N) is 1. The first kappa shape index (κ1) is 14.7. The molecule has 1 rings (SSSR count). The molecule has 0 heterocycles. The highest BCUT2D eigenvalue weighted by Gasteiger charge is 2.17. The van der Waals surface area contributed by atoms with Gasteiger partial charge in [-0.25, -0.2) is 5.84 Å². The van der Waals surface area contributed by atoms with Gasteiger partial charge in [0.15, 0.2) is 6.10 Å². The molecule has 0 bridgehead atoms. The van der Waals surface area contributed by atoms with Crippen molar-refractivity contribution in [2.75, 3.05) is 0 Å². The maximum Gasteiger partial charge on any atom is 0.274 e. The molecule has 4 nitrogen and oxygen atoms in total. The van der Waals surface area contributed by atoms with Gasteiger partial charge in [-0.05, 0) is 86.8 Å². The van der Waals surface area contributed by atoms with Crippen molar-refractivity contribution in [1.82, 2.24) is 5.43 Å². The molecular formula is C9H9I3N2O2. The fourth-order valence-corrected chi connectivity index (χ4v) is 4.83. The maximum atomic E-state index is 11.2. The van der Waals surface area contributed by atoms with Gasteiger partial charge in [-0.15, -0.1) is 0 Å².